The van der Waals surface area contributed by atoms with Gasteiger partial charge in [-0.2, -0.15) is 0 Å². The molecule has 4 rings (SSSR count). The summed E-state index contributed by atoms with van der Waals surface area (Å²) in [6.45, 7) is 7.08. The third-order valence-corrected chi connectivity index (χ3v) is 7.07. The van der Waals surface area contributed by atoms with Gasteiger partial charge in [-0.1, -0.05) is 43.2 Å². The van der Waals surface area contributed by atoms with Gasteiger partial charge in [0.1, 0.15) is 0 Å². The van der Waals surface area contributed by atoms with Gasteiger partial charge in [-0.15, -0.1) is 0 Å². The van der Waals surface area contributed by atoms with Crippen LogP contribution in [0.4, 0.5) is 0 Å². The van der Waals surface area contributed by atoms with Crippen LogP contribution >= 0.6 is 0 Å². The summed E-state index contributed by atoms with van der Waals surface area (Å²) in [4.78, 5) is 0. The summed E-state index contributed by atoms with van der Waals surface area (Å²) >= 11 is 0. The fourth-order valence-electron chi connectivity index (χ4n) is 5.99. The molecule has 118 valence electrons. The first kappa shape index (κ1) is 14.5. The largest absolute Gasteiger partial charge is 0.393 e. The van der Waals surface area contributed by atoms with E-state index >= 15 is 0 Å². The molecule has 22 heavy (non-hydrogen) atoms. The first-order valence-electron chi connectivity index (χ1n) is 9.00. The summed E-state index contributed by atoms with van der Waals surface area (Å²) in [7, 11) is 0. The lowest BCUT2D eigenvalue weighted by Gasteiger charge is -2.49. The molecule has 1 aromatic carbocycles. The fourth-order valence-corrected chi connectivity index (χ4v) is 5.99. The SMILES string of the molecule is CC[C@@]12CC[C@]3(C)C(=C1C[C@H](O)C2)CCc1cccc(C)c13. The highest BCUT2D eigenvalue weighted by Gasteiger charge is 2.51. The van der Waals surface area contributed by atoms with Crippen molar-refractivity contribution in [3.05, 3.63) is 46.0 Å². The molecule has 0 aliphatic heterocycles. The van der Waals surface area contributed by atoms with Crippen molar-refractivity contribution in [2.75, 3.05) is 0 Å². The predicted molar refractivity (Wildman–Crippen MR) is 91.1 cm³/mol. The van der Waals surface area contributed by atoms with Gasteiger partial charge < -0.3 is 5.11 Å². The Morgan fingerprint density at radius 1 is 1.18 bits per heavy atom. The van der Waals surface area contributed by atoms with Crippen molar-refractivity contribution in [2.45, 2.75) is 77.2 Å². The minimum absolute atomic E-state index is 0.108. The van der Waals surface area contributed by atoms with Gasteiger partial charge in [0.15, 0.2) is 0 Å². The molecule has 1 saturated carbocycles. The minimum Gasteiger partial charge on any atom is -0.393 e. The zero-order chi connectivity index (χ0) is 15.5. The molecule has 0 heterocycles. The molecule has 0 spiro atoms. The van der Waals surface area contributed by atoms with Crippen LogP contribution in [0.3, 0.4) is 0 Å². The van der Waals surface area contributed by atoms with E-state index in [2.05, 4.69) is 39.0 Å². The molecule has 0 bridgehead atoms. The maximum Gasteiger partial charge on any atom is 0.0586 e. The number of aliphatic hydroxyl groups excluding tert-OH is 1. The van der Waals surface area contributed by atoms with Gasteiger partial charge in [0.25, 0.3) is 0 Å². The number of aliphatic hydroxyl groups is 1. The summed E-state index contributed by atoms with van der Waals surface area (Å²) in [6.07, 6.45) is 7.91. The highest BCUT2D eigenvalue weighted by Crippen LogP contribution is 2.61. The van der Waals surface area contributed by atoms with Crippen molar-refractivity contribution in [2.24, 2.45) is 5.41 Å². The number of rotatable bonds is 1. The lowest BCUT2D eigenvalue weighted by Crippen LogP contribution is -2.39. The quantitative estimate of drug-likeness (QED) is 0.735. The Kier molecular flexibility index (Phi) is 3.10. The van der Waals surface area contributed by atoms with Crippen molar-refractivity contribution in [3.8, 4) is 0 Å². The minimum atomic E-state index is -0.108. The predicted octanol–water partition coefficient (Wildman–Crippen LogP) is 4.84. The summed E-state index contributed by atoms with van der Waals surface area (Å²) < 4.78 is 0. The molecule has 3 atom stereocenters. The molecule has 0 saturated heterocycles. The van der Waals surface area contributed by atoms with E-state index in [0.29, 0.717) is 5.41 Å². The van der Waals surface area contributed by atoms with Crippen LogP contribution in [0, 0.1) is 12.3 Å². The third-order valence-electron chi connectivity index (χ3n) is 7.07. The third kappa shape index (κ3) is 1.75. The first-order valence-corrected chi connectivity index (χ1v) is 9.00. The number of allylic oxidation sites excluding steroid dienone is 1. The Bertz CT molecular complexity index is 656. The van der Waals surface area contributed by atoms with E-state index in [4.69, 9.17) is 0 Å². The van der Waals surface area contributed by atoms with Crippen LogP contribution < -0.4 is 0 Å². The monoisotopic (exact) mass is 296 g/mol. The molecule has 3 aliphatic rings. The number of fused-ring (bicyclic) bond motifs is 4. The van der Waals surface area contributed by atoms with Crippen LogP contribution in [-0.4, -0.2) is 11.2 Å². The molecule has 0 radical (unpaired) electrons. The summed E-state index contributed by atoms with van der Waals surface area (Å²) in [6, 6.07) is 6.83. The van der Waals surface area contributed by atoms with Crippen molar-refractivity contribution >= 4 is 0 Å². The highest BCUT2D eigenvalue weighted by molar-refractivity contribution is 5.53. The van der Waals surface area contributed by atoms with Crippen LogP contribution in [0.15, 0.2) is 29.3 Å². The molecule has 3 aliphatic carbocycles. The average molecular weight is 296 g/mol. The average Bonchev–Trinajstić information content (AvgIpc) is 2.83. The summed E-state index contributed by atoms with van der Waals surface area (Å²) in [5.74, 6) is 0. The fraction of sp³-hybridized carbons (Fsp3) is 0.619. The Morgan fingerprint density at radius 2 is 2.00 bits per heavy atom. The molecule has 1 heteroatoms. The van der Waals surface area contributed by atoms with E-state index in [1.54, 1.807) is 22.3 Å². The molecule has 1 aromatic rings. The van der Waals surface area contributed by atoms with Crippen LogP contribution in [0.1, 0.15) is 69.1 Å². The molecular formula is C21H28O. The maximum absolute atomic E-state index is 10.3. The second kappa shape index (κ2) is 4.71. The lowest BCUT2D eigenvalue weighted by molar-refractivity contribution is 0.147. The first-order chi connectivity index (χ1) is 10.5. The highest BCUT2D eigenvalue weighted by atomic mass is 16.3. The van der Waals surface area contributed by atoms with Gasteiger partial charge in [-0.3, -0.25) is 0 Å². The van der Waals surface area contributed by atoms with Gasteiger partial charge in [0, 0.05) is 5.41 Å². The van der Waals surface area contributed by atoms with Crippen molar-refractivity contribution in [1.29, 1.82) is 0 Å². The molecule has 0 aromatic heterocycles. The van der Waals surface area contributed by atoms with E-state index in [1.165, 1.54) is 37.7 Å². The molecule has 0 amide bonds. The Morgan fingerprint density at radius 3 is 2.77 bits per heavy atom. The number of hydrogen-bond donors (Lipinski definition) is 1. The molecule has 1 nitrogen and oxygen atoms in total. The standard InChI is InChI=1S/C21H28O/c1-4-21-11-10-20(3)17(18(21)12-16(22)13-21)9-8-15-7-5-6-14(2)19(15)20/h5-7,16,22H,4,8-13H2,1-3H3/t16-,20+,21-/m0/s1. The smallest absolute Gasteiger partial charge is 0.0586 e. The normalized spacial score (nSPS) is 36.8. The Labute approximate surface area is 134 Å². The van der Waals surface area contributed by atoms with Gasteiger partial charge in [0.2, 0.25) is 0 Å². The van der Waals surface area contributed by atoms with Crippen LogP contribution in [0.2, 0.25) is 0 Å². The Hall–Kier alpha value is -1.08. The van der Waals surface area contributed by atoms with Crippen molar-refractivity contribution in [1.82, 2.24) is 0 Å². The number of aryl methyl sites for hydroxylation is 2. The van der Waals surface area contributed by atoms with E-state index in [0.717, 1.165) is 12.8 Å². The van der Waals surface area contributed by atoms with Gasteiger partial charge in [-0.25, -0.2) is 0 Å². The second-order valence-electron chi connectivity index (χ2n) is 8.09. The molecule has 1 fully saturated rings. The van der Waals surface area contributed by atoms with E-state index < -0.39 is 0 Å². The lowest BCUT2D eigenvalue weighted by atomic mass is 9.55. The van der Waals surface area contributed by atoms with Crippen LogP contribution in [-0.2, 0) is 11.8 Å². The zero-order valence-corrected chi connectivity index (χ0v) is 14.2. The van der Waals surface area contributed by atoms with Gasteiger partial charge >= 0.3 is 0 Å². The maximum atomic E-state index is 10.3. The summed E-state index contributed by atoms with van der Waals surface area (Å²) in [5, 5.41) is 10.3. The van der Waals surface area contributed by atoms with Crippen molar-refractivity contribution in [3.63, 3.8) is 0 Å². The van der Waals surface area contributed by atoms with Crippen LogP contribution in [0.5, 0.6) is 0 Å². The van der Waals surface area contributed by atoms with E-state index in [-0.39, 0.29) is 11.5 Å². The number of hydrogen-bond acceptors (Lipinski definition) is 1. The summed E-state index contributed by atoms with van der Waals surface area (Å²) in [5.41, 5.74) is 8.50. The zero-order valence-electron chi connectivity index (χ0n) is 14.2. The van der Waals surface area contributed by atoms with Crippen molar-refractivity contribution < 1.29 is 5.11 Å². The van der Waals surface area contributed by atoms with E-state index in [1.807, 2.05) is 0 Å². The topological polar surface area (TPSA) is 20.2 Å². The molecular weight excluding hydrogens is 268 g/mol. The number of benzene rings is 1. The Balaban J connectivity index is 1.94. The molecule has 0 unspecified atom stereocenters. The second-order valence-corrected chi connectivity index (χ2v) is 8.09. The molecule has 1 N–H and O–H groups in total. The van der Waals surface area contributed by atoms with Gasteiger partial charge in [0.05, 0.1) is 6.10 Å². The van der Waals surface area contributed by atoms with Gasteiger partial charge in [-0.05, 0) is 74.0 Å². The van der Waals surface area contributed by atoms with Crippen LogP contribution in [0.25, 0.3) is 0 Å². The van der Waals surface area contributed by atoms with E-state index in [9.17, 15) is 5.11 Å².